The van der Waals surface area contributed by atoms with Crippen molar-refractivity contribution in [2.24, 2.45) is 5.92 Å². The molecule has 0 radical (unpaired) electrons. The Morgan fingerprint density at radius 2 is 2.25 bits per heavy atom. The van der Waals surface area contributed by atoms with E-state index in [1.807, 2.05) is 16.8 Å². The number of hydrogen-bond donors (Lipinski definition) is 2. The molecule has 3 rings (SSSR count). The van der Waals surface area contributed by atoms with Crippen LogP contribution < -0.4 is 5.32 Å². The Bertz CT molecular complexity index is 604. The van der Waals surface area contributed by atoms with Gasteiger partial charge in [0.25, 0.3) is 0 Å². The second-order valence-corrected chi connectivity index (χ2v) is 6.63. The number of halogens is 1. The number of hydrogen-bond acceptors (Lipinski definition) is 4. The highest BCUT2D eigenvalue weighted by Crippen LogP contribution is 2.34. The molecular formula is C14H19BrN4O. The standard InChI is InChI=1S/C14H19BrN4O/c1-10-2-4-14(9-20,5-3-10)18-12-13-16-6-7-19(13)8-11(15)17-12/h6-8,10,20H,2-5,9H2,1H3,(H,17,18). The van der Waals surface area contributed by atoms with Crippen LogP contribution in [0.15, 0.2) is 23.2 Å². The van der Waals surface area contributed by atoms with Crippen molar-refractivity contribution < 1.29 is 5.11 Å². The molecule has 0 unspecified atom stereocenters. The molecule has 2 aromatic heterocycles. The monoisotopic (exact) mass is 338 g/mol. The quantitative estimate of drug-likeness (QED) is 0.903. The minimum atomic E-state index is -0.271. The smallest absolute Gasteiger partial charge is 0.180 e. The molecule has 2 aromatic rings. The predicted octanol–water partition coefficient (Wildman–Crippen LogP) is 2.84. The molecule has 0 aromatic carbocycles. The van der Waals surface area contributed by atoms with Gasteiger partial charge in [0.1, 0.15) is 4.60 Å². The van der Waals surface area contributed by atoms with E-state index in [9.17, 15) is 5.11 Å². The van der Waals surface area contributed by atoms with E-state index >= 15 is 0 Å². The van der Waals surface area contributed by atoms with Crippen molar-refractivity contribution >= 4 is 27.4 Å². The second-order valence-electron chi connectivity index (χ2n) is 5.82. The Morgan fingerprint density at radius 3 is 2.95 bits per heavy atom. The third-order valence-corrected chi connectivity index (χ3v) is 4.64. The molecule has 0 saturated heterocycles. The maximum atomic E-state index is 9.85. The molecule has 0 spiro atoms. The van der Waals surface area contributed by atoms with E-state index in [4.69, 9.17) is 0 Å². The summed E-state index contributed by atoms with van der Waals surface area (Å²) in [6, 6.07) is 0. The average Bonchev–Trinajstić information content (AvgIpc) is 2.90. The number of aliphatic hydroxyl groups is 1. The molecule has 6 heteroatoms. The summed E-state index contributed by atoms with van der Waals surface area (Å²) >= 11 is 3.42. The Balaban J connectivity index is 1.93. The zero-order valence-corrected chi connectivity index (χ0v) is 13.1. The topological polar surface area (TPSA) is 62.5 Å². The van der Waals surface area contributed by atoms with Gasteiger partial charge in [0, 0.05) is 18.6 Å². The Kier molecular flexibility index (Phi) is 3.69. The maximum absolute atomic E-state index is 9.85. The van der Waals surface area contributed by atoms with Gasteiger partial charge < -0.3 is 14.8 Å². The van der Waals surface area contributed by atoms with Gasteiger partial charge in [-0.15, -0.1) is 0 Å². The lowest BCUT2D eigenvalue weighted by Crippen LogP contribution is -2.45. The third-order valence-electron chi connectivity index (χ3n) is 4.26. The highest BCUT2D eigenvalue weighted by Gasteiger charge is 2.34. The first-order chi connectivity index (χ1) is 9.62. The summed E-state index contributed by atoms with van der Waals surface area (Å²) in [6.07, 6.45) is 9.71. The van der Waals surface area contributed by atoms with Crippen molar-refractivity contribution in [1.82, 2.24) is 14.4 Å². The van der Waals surface area contributed by atoms with Gasteiger partial charge >= 0.3 is 0 Å². The Morgan fingerprint density at radius 1 is 1.50 bits per heavy atom. The summed E-state index contributed by atoms with van der Waals surface area (Å²) in [6.45, 7) is 2.40. The first-order valence-electron chi connectivity index (χ1n) is 7.00. The summed E-state index contributed by atoms with van der Waals surface area (Å²) in [7, 11) is 0. The van der Waals surface area contributed by atoms with Crippen molar-refractivity contribution in [2.45, 2.75) is 38.1 Å². The fraction of sp³-hybridized carbons (Fsp3) is 0.571. The van der Waals surface area contributed by atoms with Crippen molar-refractivity contribution in [3.8, 4) is 0 Å². The zero-order valence-electron chi connectivity index (χ0n) is 11.5. The summed E-state index contributed by atoms with van der Waals surface area (Å²) < 4.78 is 2.68. The SMILES string of the molecule is CC1CCC(CO)(Nc2nc(Br)cn3ccnc23)CC1. The van der Waals surface area contributed by atoms with E-state index in [1.165, 1.54) is 0 Å². The molecule has 0 atom stereocenters. The van der Waals surface area contributed by atoms with E-state index in [0.717, 1.165) is 47.7 Å². The first kappa shape index (κ1) is 13.8. The number of nitrogens with one attached hydrogen (secondary N) is 1. The highest BCUT2D eigenvalue weighted by molar-refractivity contribution is 9.10. The summed E-state index contributed by atoms with van der Waals surface area (Å²) in [4.78, 5) is 8.83. The van der Waals surface area contributed by atoms with E-state index in [0.29, 0.717) is 0 Å². The highest BCUT2D eigenvalue weighted by atomic mass is 79.9. The largest absolute Gasteiger partial charge is 0.394 e. The van der Waals surface area contributed by atoms with Gasteiger partial charge in [-0.1, -0.05) is 6.92 Å². The Labute approximate surface area is 126 Å². The number of anilines is 1. The number of fused-ring (bicyclic) bond motifs is 1. The number of aromatic nitrogens is 3. The van der Waals surface area contributed by atoms with Crippen LogP contribution in [0, 0.1) is 5.92 Å². The Hall–Kier alpha value is -1.14. The molecule has 2 N–H and O–H groups in total. The van der Waals surface area contributed by atoms with Crippen LogP contribution >= 0.6 is 15.9 Å². The van der Waals surface area contributed by atoms with Crippen LogP contribution in [-0.4, -0.2) is 31.6 Å². The summed E-state index contributed by atoms with van der Waals surface area (Å²) in [5.74, 6) is 1.46. The fourth-order valence-corrected chi connectivity index (χ4v) is 3.27. The van der Waals surface area contributed by atoms with E-state index in [-0.39, 0.29) is 12.1 Å². The third kappa shape index (κ3) is 2.54. The molecule has 5 nitrogen and oxygen atoms in total. The number of imidazole rings is 1. The van der Waals surface area contributed by atoms with Gasteiger partial charge in [-0.05, 0) is 47.5 Å². The molecule has 1 fully saturated rings. The molecule has 2 heterocycles. The molecule has 0 amide bonds. The number of rotatable bonds is 3. The van der Waals surface area contributed by atoms with Crippen LogP contribution in [0.1, 0.15) is 32.6 Å². The van der Waals surface area contributed by atoms with Gasteiger partial charge in [0.05, 0.1) is 12.1 Å². The zero-order chi connectivity index (χ0) is 14.2. The van der Waals surface area contributed by atoms with E-state index < -0.39 is 0 Å². The molecule has 1 aliphatic carbocycles. The van der Waals surface area contributed by atoms with Crippen LogP contribution in [0.4, 0.5) is 5.82 Å². The maximum Gasteiger partial charge on any atom is 0.180 e. The molecule has 20 heavy (non-hydrogen) atoms. The molecule has 1 saturated carbocycles. The lowest BCUT2D eigenvalue weighted by Gasteiger charge is -2.39. The van der Waals surface area contributed by atoms with Gasteiger partial charge in [-0.25, -0.2) is 9.97 Å². The summed E-state index contributed by atoms with van der Waals surface area (Å²) in [5, 5.41) is 13.3. The van der Waals surface area contributed by atoms with Crippen LogP contribution in [0.5, 0.6) is 0 Å². The molecule has 108 valence electrons. The number of nitrogens with zero attached hydrogens (tertiary/aromatic N) is 3. The summed E-state index contributed by atoms with van der Waals surface area (Å²) in [5.41, 5.74) is 0.520. The van der Waals surface area contributed by atoms with Gasteiger partial charge in [-0.3, -0.25) is 0 Å². The van der Waals surface area contributed by atoms with Gasteiger partial charge in [0.2, 0.25) is 0 Å². The first-order valence-corrected chi connectivity index (χ1v) is 7.79. The second kappa shape index (κ2) is 5.33. The molecule has 0 aliphatic heterocycles. The minimum absolute atomic E-state index is 0.126. The fourth-order valence-electron chi connectivity index (χ4n) is 2.87. The van der Waals surface area contributed by atoms with Crippen molar-refractivity contribution in [3.05, 3.63) is 23.2 Å². The van der Waals surface area contributed by atoms with Gasteiger partial charge in [-0.2, -0.15) is 0 Å². The normalized spacial score (nSPS) is 26.9. The van der Waals surface area contributed by atoms with Crippen molar-refractivity contribution in [3.63, 3.8) is 0 Å². The molecular weight excluding hydrogens is 320 g/mol. The lowest BCUT2D eigenvalue weighted by atomic mass is 9.77. The lowest BCUT2D eigenvalue weighted by molar-refractivity contribution is 0.155. The van der Waals surface area contributed by atoms with Crippen LogP contribution in [-0.2, 0) is 0 Å². The van der Waals surface area contributed by atoms with Crippen LogP contribution in [0.25, 0.3) is 5.65 Å². The minimum Gasteiger partial charge on any atom is -0.394 e. The van der Waals surface area contributed by atoms with Crippen LogP contribution in [0.2, 0.25) is 0 Å². The molecule has 1 aliphatic rings. The van der Waals surface area contributed by atoms with Crippen LogP contribution in [0.3, 0.4) is 0 Å². The number of aliphatic hydroxyl groups excluding tert-OH is 1. The van der Waals surface area contributed by atoms with Crippen molar-refractivity contribution in [2.75, 3.05) is 11.9 Å². The molecule has 0 bridgehead atoms. The van der Waals surface area contributed by atoms with E-state index in [1.54, 1.807) is 6.20 Å². The van der Waals surface area contributed by atoms with Crippen molar-refractivity contribution in [1.29, 1.82) is 0 Å². The predicted molar refractivity (Wildman–Crippen MR) is 81.8 cm³/mol. The average molecular weight is 339 g/mol. The van der Waals surface area contributed by atoms with Gasteiger partial charge in [0.15, 0.2) is 11.5 Å². The van der Waals surface area contributed by atoms with E-state index in [2.05, 4.69) is 38.1 Å².